The number of ether oxygens (including phenoxy) is 1. The molecule has 2 aromatic rings. The van der Waals surface area contributed by atoms with Crippen molar-refractivity contribution in [3.05, 3.63) is 59.5 Å². The molecule has 1 aromatic carbocycles. The van der Waals surface area contributed by atoms with E-state index in [1.54, 1.807) is 13.0 Å². The highest BCUT2D eigenvalue weighted by Gasteiger charge is 2.25. The number of hydrogen-bond donors (Lipinski definition) is 0. The van der Waals surface area contributed by atoms with Gasteiger partial charge in [0.05, 0.1) is 12.2 Å². The molecule has 1 atom stereocenters. The summed E-state index contributed by atoms with van der Waals surface area (Å²) in [6.45, 7) is 3.47. The molecule has 1 aromatic heterocycles. The summed E-state index contributed by atoms with van der Waals surface area (Å²) in [4.78, 5) is 26.3. The third-order valence-corrected chi connectivity index (χ3v) is 4.24. The molecule has 1 unspecified atom stereocenters. The molecule has 2 heterocycles. The smallest absolute Gasteiger partial charge is 0.341 e. The summed E-state index contributed by atoms with van der Waals surface area (Å²) < 4.78 is 10.5. The number of nitrogens with zero attached hydrogens (tertiary/aromatic N) is 1. The van der Waals surface area contributed by atoms with Crippen LogP contribution in [0.5, 0.6) is 0 Å². The van der Waals surface area contributed by atoms with E-state index in [0.29, 0.717) is 30.0 Å². The minimum Gasteiger partial charge on any atom is -0.469 e. The Labute approximate surface area is 141 Å². The predicted octanol–water partition coefficient (Wildman–Crippen LogP) is 3.30. The first-order valence-electron chi connectivity index (χ1n) is 8.20. The maximum absolute atomic E-state index is 12.5. The molecule has 1 amide bonds. The van der Waals surface area contributed by atoms with Gasteiger partial charge in [0.15, 0.2) is 0 Å². The summed E-state index contributed by atoms with van der Waals surface area (Å²) >= 11 is 0. The second-order valence-corrected chi connectivity index (χ2v) is 6.17. The third kappa shape index (κ3) is 3.85. The molecule has 1 aliphatic heterocycles. The van der Waals surface area contributed by atoms with Crippen molar-refractivity contribution in [2.75, 3.05) is 19.7 Å². The van der Waals surface area contributed by atoms with Gasteiger partial charge in [0, 0.05) is 24.6 Å². The fourth-order valence-electron chi connectivity index (χ4n) is 2.98. The van der Waals surface area contributed by atoms with E-state index in [1.807, 2.05) is 35.2 Å². The van der Waals surface area contributed by atoms with Crippen molar-refractivity contribution in [3.63, 3.8) is 0 Å². The Morgan fingerprint density at radius 2 is 2.04 bits per heavy atom. The van der Waals surface area contributed by atoms with Gasteiger partial charge < -0.3 is 14.1 Å². The van der Waals surface area contributed by atoms with Gasteiger partial charge in [-0.25, -0.2) is 4.79 Å². The van der Waals surface area contributed by atoms with E-state index >= 15 is 0 Å². The van der Waals surface area contributed by atoms with Gasteiger partial charge in [-0.05, 0) is 38.0 Å². The molecule has 5 nitrogen and oxygen atoms in total. The summed E-state index contributed by atoms with van der Waals surface area (Å²) in [5.41, 5.74) is 1.13. The predicted molar refractivity (Wildman–Crippen MR) is 88.8 cm³/mol. The summed E-state index contributed by atoms with van der Waals surface area (Å²) in [5.74, 6) is 0.512. The van der Waals surface area contributed by atoms with Crippen LogP contribution >= 0.6 is 0 Å². The number of furan rings is 1. The molecule has 1 aliphatic rings. The van der Waals surface area contributed by atoms with Crippen LogP contribution in [-0.4, -0.2) is 36.5 Å². The average Bonchev–Trinajstić information content (AvgIpc) is 3.06. The number of rotatable bonds is 4. The summed E-state index contributed by atoms with van der Waals surface area (Å²) in [7, 11) is 0. The van der Waals surface area contributed by atoms with Crippen LogP contribution in [0, 0.1) is 12.8 Å². The third-order valence-electron chi connectivity index (χ3n) is 4.24. The van der Waals surface area contributed by atoms with Crippen LogP contribution in [0.4, 0.5) is 0 Å². The van der Waals surface area contributed by atoms with E-state index in [4.69, 9.17) is 9.15 Å². The SMILES string of the molecule is Cc1cc(C(=O)OCC2CCCN(C(=O)c3ccccc3)C2)co1. The molecule has 1 saturated heterocycles. The second kappa shape index (κ2) is 7.34. The van der Waals surface area contributed by atoms with Gasteiger partial charge in [-0.2, -0.15) is 0 Å². The van der Waals surface area contributed by atoms with Crippen molar-refractivity contribution in [2.45, 2.75) is 19.8 Å². The Hall–Kier alpha value is -2.56. The molecule has 0 aliphatic carbocycles. The van der Waals surface area contributed by atoms with E-state index in [1.165, 1.54) is 6.26 Å². The second-order valence-electron chi connectivity index (χ2n) is 6.17. The summed E-state index contributed by atoms with van der Waals surface area (Å²) in [6, 6.07) is 10.9. The molecule has 5 heteroatoms. The van der Waals surface area contributed by atoms with E-state index in [0.717, 1.165) is 19.4 Å². The molecule has 1 fully saturated rings. The lowest BCUT2D eigenvalue weighted by molar-refractivity contribution is 0.0342. The molecule has 0 N–H and O–H groups in total. The van der Waals surface area contributed by atoms with Crippen molar-refractivity contribution in [1.29, 1.82) is 0 Å². The highest BCUT2D eigenvalue weighted by molar-refractivity contribution is 5.94. The highest BCUT2D eigenvalue weighted by atomic mass is 16.5. The van der Waals surface area contributed by atoms with Crippen LogP contribution in [0.1, 0.15) is 39.3 Å². The van der Waals surface area contributed by atoms with Gasteiger partial charge in [0.2, 0.25) is 0 Å². The summed E-state index contributed by atoms with van der Waals surface area (Å²) in [6.07, 6.45) is 3.28. The Morgan fingerprint density at radius 3 is 2.75 bits per heavy atom. The van der Waals surface area contributed by atoms with E-state index in [2.05, 4.69) is 0 Å². The molecular weight excluding hydrogens is 306 g/mol. The number of aryl methyl sites for hydroxylation is 1. The lowest BCUT2D eigenvalue weighted by Gasteiger charge is -2.32. The molecule has 126 valence electrons. The monoisotopic (exact) mass is 327 g/mol. The van der Waals surface area contributed by atoms with Gasteiger partial charge in [0.1, 0.15) is 12.0 Å². The highest BCUT2D eigenvalue weighted by Crippen LogP contribution is 2.19. The number of hydrogen-bond acceptors (Lipinski definition) is 4. The standard InChI is InChI=1S/C19H21NO4/c1-14-10-17(13-23-14)19(22)24-12-15-6-5-9-20(11-15)18(21)16-7-3-2-4-8-16/h2-4,7-8,10,13,15H,5-6,9,11-12H2,1H3. The van der Waals surface area contributed by atoms with E-state index in [-0.39, 0.29) is 17.8 Å². The van der Waals surface area contributed by atoms with Gasteiger partial charge in [-0.1, -0.05) is 18.2 Å². The first kappa shape index (κ1) is 16.3. The van der Waals surface area contributed by atoms with Crippen LogP contribution in [-0.2, 0) is 4.74 Å². The quantitative estimate of drug-likeness (QED) is 0.809. The zero-order valence-corrected chi connectivity index (χ0v) is 13.7. The van der Waals surface area contributed by atoms with Crippen LogP contribution in [0.25, 0.3) is 0 Å². The number of amides is 1. The molecule has 3 rings (SSSR count). The van der Waals surface area contributed by atoms with Gasteiger partial charge in [0.25, 0.3) is 5.91 Å². The van der Waals surface area contributed by atoms with E-state index < -0.39 is 0 Å². The molecule has 24 heavy (non-hydrogen) atoms. The largest absolute Gasteiger partial charge is 0.469 e. The van der Waals surface area contributed by atoms with Crippen LogP contribution in [0.2, 0.25) is 0 Å². The maximum atomic E-state index is 12.5. The number of esters is 1. The molecular formula is C19H21NO4. The fourth-order valence-corrected chi connectivity index (χ4v) is 2.98. The molecule has 0 bridgehead atoms. The Bertz CT molecular complexity index is 707. The first-order chi connectivity index (χ1) is 11.6. The minimum absolute atomic E-state index is 0.0390. The number of likely N-dealkylation sites (tertiary alicyclic amines) is 1. The lowest BCUT2D eigenvalue weighted by atomic mass is 9.98. The molecule has 0 radical (unpaired) electrons. The Kier molecular flexibility index (Phi) is 4.99. The lowest BCUT2D eigenvalue weighted by Crippen LogP contribution is -2.41. The minimum atomic E-state index is -0.377. The first-order valence-corrected chi connectivity index (χ1v) is 8.20. The Balaban J connectivity index is 1.54. The number of carbonyl (C=O) groups is 2. The number of benzene rings is 1. The average molecular weight is 327 g/mol. The fraction of sp³-hybridized carbons (Fsp3) is 0.368. The topological polar surface area (TPSA) is 59.8 Å². The van der Waals surface area contributed by atoms with Crippen molar-refractivity contribution in [1.82, 2.24) is 4.90 Å². The zero-order chi connectivity index (χ0) is 16.9. The number of piperidine rings is 1. The van der Waals surface area contributed by atoms with Gasteiger partial charge in [-0.3, -0.25) is 4.79 Å². The van der Waals surface area contributed by atoms with Crippen LogP contribution < -0.4 is 0 Å². The van der Waals surface area contributed by atoms with Crippen LogP contribution in [0.3, 0.4) is 0 Å². The zero-order valence-electron chi connectivity index (χ0n) is 13.7. The van der Waals surface area contributed by atoms with E-state index in [9.17, 15) is 9.59 Å². The normalized spacial score (nSPS) is 17.5. The number of carbonyl (C=O) groups excluding carboxylic acids is 2. The Morgan fingerprint density at radius 1 is 1.25 bits per heavy atom. The molecule has 0 spiro atoms. The van der Waals surface area contributed by atoms with Crippen molar-refractivity contribution in [2.24, 2.45) is 5.92 Å². The van der Waals surface area contributed by atoms with Crippen molar-refractivity contribution in [3.8, 4) is 0 Å². The summed E-state index contributed by atoms with van der Waals surface area (Å²) in [5, 5.41) is 0. The van der Waals surface area contributed by atoms with Gasteiger partial charge >= 0.3 is 5.97 Å². The van der Waals surface area contributed by atoms with Crippen molar-refractivity contribution >= 4 is 11.9 Å². The van der Waals surface area contributed by atoms with Gasteiger partial charge in [-0.15, -0.1) is 0 Å². The van der Waals surface area contributed by atoms with Crippen molar-refractivity contribution < 1.29 is 18.7 Å². The maximum Gasteiger partial charge on any atom is 0.341 e. The molecule has 0 saturated carbocycles. The van der Waals surface area contributed by atoms with Crippen LogP contribution in [0.15, 0.2) is 47.1 Å².